The molecule has 2 heteroatoms. The molecule has 1 saturated carbocycles. The summed E-state index contributed by atoms with van der Waals surface area (Å²) in [5.74, 6) is 0.0641. The van der Waals surface area contributed by atoms with Crippen LogP contribution in [-0.2, 0) is 0 Å². The van der Waals surface area contributed by atoms with Crippen molar-refractivity contribution < 1.29 is 10.2 Å². The van der Waals surface area contributed by atoms with Crippen LogP contribution in [0, 0.1) is 11.3 Å². The zero-order valence-electron chi connectivity index (χ0n) is 9.01. The molecule has 13 heavy (non-hydrogen) atoms. The van der Waals surface area contributed by atoms with Crippen LogP contribution in [0.2, 0.25) is 0 Å². The summed E-state index contributed by atoms with van der Waals surface area (Å²) in [6.45, 7) is 6.45. The second-order valence-corrected chi connectivity index (χ2v) is 5.44. The third-order valence-electron chi connectivity index (χ3n) is 3.58. The summed E-state index contributed by atoms with van der Waals surface area (Å²) in [7, 11) is 0. The van der Waals surface area contributed by atoms with Crippen LogP contribution in [0.5, 0.6) is 0 Å². The van der Waals surface area contributed by atoms with Gasteiger partial charge in [-0.1, -0.05) is 13.8 Å². The van der Waals surface area contributed by atoms with Gasteiger partial charge >= 0.3 is 0 Å². The molecule has 2 nitrogen and oxygen atoms in total. The summed E-state index contributed by atoms with van der Waals surface area (Å²) in [4.78, 5) is 0. The fourth-order valence-corrected chi connectivity index (χ4v) is 2.08. The molecule has 2 atom stereocenters. The van der Waals surface area contributed by atoms with Gasteiger partial charge in [-0.15, -0.1) is 0 Å². The van der Waals surface area contributed by atoms with E-state index >= 15 is 0 Å². The van der Waals surface area contributed by atoms with Gasteiger partial charge in [-0.3, -0.25) is 0 Å². The van der Waals surface area contributed by atoms with E-state index in [0.29, 0.717) is 5.41 Å². The topological polar surface area (TPSA) is 40.5 Å². The van der Waals surface area contributed by atoms with Crippen molar-refractivity contribution in [2.75, 3.05) is 6.61 Å². The number of hydrogen-bond acceptors (Lipinski definition) is 2. The summed E-state index contributed by atoms with van der Waals surface area (Å²) < 4.78 is 0. The first-order valence-electron chi connectivity index (χ1n) is 5.21. The number of hydrogen-bond donors (Lipinski definition) is 2. The van der Waals surface area contributed by atoms with E-state index in [0.717, 1.165) is 25.7 Å². The molecule has 0 amide bonds. The van der Waals surface area contributed by atoms with Gasteiger partial charge in [0.2, 0.25) is 0 Å². The molecule has 1 rings (SSSR count). The number of rotatable bonds is 1. The molecule has 0 aromatic rings. The van der Waals surface area contributed by atoms with Crippen LogP contribution >= 0.6 is 0 Å². The summed E-state index contributed by atoms with van der Waals surface area (Å²) in [5.41, 5.74) is -0.337. The molecule has 1 fully saturated rings. The average molecular weight is 186 g/mol. The van der Waals surface area contributed by atoms with E-state index < -0.39 is 5.60 Å². The van der Waals surface area contributed by atoms with Crippen LogP contribution in [0.3, 0.4) is 0 Å². The third-order valence-corrected chi connectivity index (χ3v) is 3.58. The van der Waals surface area contributed by atoms with Crippen LogP contribution in [0.15, 0.2) is 0 Å². The Kier molecular flexibility index (Phi) is 3.03. The summed E-state index contributed by atoms with van der Waals surface area (Å²) in [5, 5.41) is 19.2. The van der Waals surface area contributed by atoms with E-state index in [-0.39, 0.29) is 12.5 Å². The molecule has 0 bridgehead atoms. The monoisotopic (exact) mass is 186 g/mol. The van der Waals surface area contributed by atoms with Crippen LogP contribution in [0.25, 0.3) is 0 Å². The van der Waals surface area contributed by atoms with Crippen molar-refractivity contribution in [1.29, 1.82) is 0 Å². The maximum Gasteiger partial charge on any atom is 0.0669 e. The lowest BCUT2D eigenvalue weighted by Crippen LogP contribution is -2.35. The predicted octanol–water partition coefficient (Wildman–Crippen LogP) is 1.95. The lowest BCUT2D eigenvalue weighted by Gasteiger charge is -2.29. The first-order chi connectivity index (χ1) is 5.87. The number of aliphatic hydroxyl groups is 2. The lowest BCUT2D eigenvalue weighted by atomic mass is 9.84. The van der Waals surface area contributed by atoms with E-state index in [4.69, 9.17) is 5.11 Å². The van der Waals surface area contributed by atoms with E-state index in [1.54, 1.807) is 0 Å². The molecule has 0 heterocycles. The van der Waals surface area contributed by atoms with Gasteiger partial charge in [-0.25, -0.2) is 0 Å². The van der Waals surface area contributed by atoms with Gasteiger partial charge in [0.25, 0.3) is 0 Å². The smallest absolute Gasteiger partial charge is 0.0669 e. The van der Waals surface area contributed by atoms with E-state index in [9.17, 15) is 5.11 Å². The Labute approximate surface area is 81.0 Å². The SMILES string of the molecule is CC1(C)CCC(CO)C(C)(O)CC1. The minimum absolute atomic E-state index is 0.0641. The van der Waals surface area contributed by atoms with Crippen molar-refractivity contribution >= 4 is 0 Å². The van der Waals surface area contributed by atoms with Crippen molar-refractivity contribution in [3.05, 3.63) is 0 Å². The highest BCUT2D eigenvalue weighted by atomic mass is 16.3. The molecule has 1 aliphatic rings. The molecule has 2 N–H and O–H groups in total. The Bertz CT molecular complexity index is 173. The Balaban J connectivity index is 2.69. The predicted molar refractivity (Wildman–Crippen MR) is 53.4 cm³/mol. The summed E-state index contributed by atoms with van der Waals surface area (Å²) in [6, 6.07) is 0. The van der Waals surface area contributed by atoms with Gasteiger partial charge in [-0.2, -0.15) is 0 Å². The quantitative estimate of drug-likeness (QED) is 0.614. The Morgan fingerprint density at radius 1 is 1.15 bits per heavy atom. The fourth-order valence-electron chi connectivity index (χ4n) is 2.08. The molecule has 0 aliphatic heterocycles. The van der Waals surface area contributed by atoms with Gasteiger partial charge in [0.1, 0.15) is 0 Å². The van der Waals surface area contributed by atoms with Crippen molar-refractivity contribution in [2.24, 2.45) is 11.3 Å². The largest absolute Gasteiger partial charge is 0.396 e. The Morgan fingerprint density at radius 3 is 2.31 bits per heavy atom. The third kappa shape index (κ3) is 2.68. The molecule has 2 unspecified atom stereocenters. The maximum atomic E-state index is 10.1. The summed E-state index contributed by atoms with van der Waals surface area (Å²) >= 11 is 0. The van der Waals surface area contributed by atoms with Crippen LogP contribution in [-0.4, -0.2) is 22.4 Å². The molecule has 0 aromatic carbocycles. The van der Waals surface area contributed by atoms with Crippen molar-refractivity contribution in [2.45, 2.75) is 52.1 Å². The van der Waals surface area contributed by atoms with E-state index in [1.165, 1.54) is 0 Å². The van der Waals surface area contributed by atoms with E-state index in [1.807, 2.05) is 6.92 Å². The second-order valence-electron chi connectivity index (χ2n) is 5.44. The highest BCUT2D eigenvalue weighted by Crippen LogP contribution is 2.40. The van der Waals surface area contributed by atoms with Crippen LogP contribution in [0.1, 0.15) is 46.5 Å². The minimum Gasteiger partial charge on any atom is -0.396 e. The van der Waals surface area contributed by atoms with Gasteiger partial charge < -0.3 is 10.2 Å². The fraction of sp³-hybridized carbons (Fsp3) is 1.00. The minimum atomic E-state index is -0.664. The van der Waals surface area contributed by atoms with Crippen molar-refractivity contribution in [1.82, 2.24) is 0 Å². The highest BCUT2D eigenvalue weighted by Gasteiger charge is 2.37. The zero-order valence-corrected chi connectivity index (χ0v) is 9.01. The molecular formula is C11H22O2. The molecule has 0 saturated heterocycles. The van der Waals surface area contributed by atoms with Gasteiger partial charge in [-0.05, 0) is 38.0 Å². The molecule has 0 aromatic heterocycles. The normalized spacial score (nSPS) is 39.9. The van der Waals surface area contributed by atoms with Crippen molar-refractivity contribution in [3.63, 3.8) is 0 Å². The first kappa shape index (κ1) is 11.0. The zero-order chi connectivity index (χ0) is 10.1. The lowest BCUT2D eigenvalue weighted by molar-refractivity contribution is -0.0295. The standard InChI is InChI=1S/C11H22O2/c1-10(2)5-4-9(8-12)11(3,13)7-6-10/h9,12-13H,4-8H2,1-3H3. The maximum absolute atomic E-state index is 10.1. The summed E-state index contributed by atoms with van der Waals surface area (Å²) in [6.07, 6.45) is 3.91. The van der Waals surface area contributed by atoms with Gasteiger partial charge in [0, 0.05) is 12.5 Å². The molecule has 0 radical (unpaired) electrons. The number of aliphatic hydroxyl groups excluding tert-OH is 1. The molecule has 0 spiro atoms. The average Bonchev–Trinajstić information content (AvgIpc) is 2.10. The highest BCUT2D eigenvalue weighted by molar-refractivity contribution is 4.88. The molecule has 78 valence electrons. The Hall–Kier alpha value is -0.0800. The van der Waals surface area contributed by atoms with Gasteiger partial charge in [0.15, 0.2) is 0 Å². The Morgan fingerprint density at radius 2 is 1.77 bits per heavy atom. The molecular weight excluding hydrogens is 164 g/mol. The molecule has 1 aliphatic carbocycles. The van der Waals surface area contributed by atoms with Crippen LogP contribution in [0.4, 0.5) is 0 Å². The van der Waals surface area contributed by atoms with Gasteiger partial charge in [0.05, 0.1) is 5.60 Å². The van der Waals surface area contributed by atoms with Crippen molar-refractivity contribution in [3.8, 4) is 0 Å². The van der Waals surface area contributed by atoms with E-state index in [2.05, 4.69) is 13.8 Å². The van der Waals surface area contributed by atoms with Crippen LogP contribution < -0.4 is 0 Å². The second kappa shape index (κ2) is 3.58. The first-order valence-corrected chi connectivity index (χ1v) is 5.21.